The number of fused-ring (bicyclic) bond motifs is 1. The number of aryl methyl sites for hydroxylation is 1. The molecular formula is C25H27N3O4. The summed E-state index contributed by atoms with van der Waals surface area (Å²) in [7, 11) is 5.33. The van der Waals surface area contributed by atoms with Crippen molar-refractivity contribution in [2.24, 2.45) is 0 Å². The Balaban J connectivity index is 1.98. The maximum absolute atomic E-state index is 13.3. The van der Waals surface area contributed by atoms with Gasteiger partial charge >= 0.3 is 0 Å². The van der Waals surface area contributed by atoms with Gasteiger partial charge in [0.1, 0.15) is 11.5 Å². The van der Waals surface area contributed by atoms with Crippen LogP contribution in [0, 0.1) is 6.92 Å². The van der Waals surface area contributed by atoms with Crippen LogP contribution in [0.25, 0.3) is 16.7 Å². The Kier molecular flexibility index (Phi) is 5.76. The molecule has 1 unspecified atom stereocenters. The molecule has 1 aliphatic rings. The fourth-order valence-electron chi connectivity index (χ4n) is 4.35. The number of aromatic amines is 1. The topological polar surface area (TPSA) is 85.9 Å². The van der Waals surface area contributed by atoms with Crippen LogP contribution in [0.5, 0.6) is 5.75 Å². The Labute approximate surface area is 186 Å². The van der Waals surface area contributed by atoms with E-state index < -0.39 is 17.7 Å². The minimum Gasteiger partial charge on any atom is -0.507 e. The molecule has 7 nitrogen and oxygen atoms in total. The number of aliphatic hydroxyl groups is 1. The predicted molar refractivity (Wildman–Crippen MR) is 124 cm³/mol. The zero-order valence-corrected chi connectivity index (χ0v) is 18.7. The minimum atomic E-state index is -0.712. The Hall–Kier alpha value is -3.58. The molecule has 2 heterocycles. The number of likely N-dealkylation sites (N-methyl/N-ethyl adjacent to an activating group) is 1. The normalized spacial score (nSPS) is 18.2. The van der Waals surface area contributed by atoms with Crippen LogP contribution in [0.3, 0.4) is 0 Å². The molecule has 0 saturated carbocycles. The maximum atomic E-state index is 13.3. The summed E-state index contributed by atoms with van der Waals surface area (Å²) in [6.45, 7) is 2.86. The van der Waals surface area contributed by atoms with Crippen molar-refractivity contribution in [1.29, 1.82) is 0 Å². The largest absolute Gasteiger partial charge is 0.507 e. The lowest BCUT2D eigenvalue weighted by Crippen LogP contribution is -2.35. The van der Waals surface area contributed by atoms with Gasteiger partial charge in [0.05, 0.1) is 24.3 Å². The highest BCUT2D eigenvalue weighted by molar-refractivity contribution is 6.46. The molecule has 1 atom stereocenters. The van der Waals surface area contributed by atoms with Gasteiger partial charge in [-0.15, -0.1) is 0 Å². The van der Waals surface area contributed by atoms with Crippen molar-refractivity contribution in [1.82, 2.24) is 14.8 Å². The molecule has 0 bridgehead atoms. The molecule has 2 N–H and O–H groups in total. The van der Waals surface area contributed by atoms with Crippen molar-refractivity contribution in [3.8, 4) is 5.75 Å². The summed E-state index contributed by atoms with van der Waals surface area (Å²) in [5.74, 6) is -1.11. The average molecular weight is 434 g/mol. The molecule has 1 fully saturated rings. The number of Topliss-reactive ketones (excluding diaryl/α,β-unsaturated/α-hetero) is 1. The number of hydrogen-bond donors (Lipinski definition) is 2. The number of para-hydroxylation sites is 2. The standard InChI is InChI=1S/C25H27N3O4/c1-15-20(16-9-5-7-11-18(16)26-15)22-21(23(29)17-10-6-8-12-19(17)32-4)24(30)25(31)28(22)14-13-27(2)3/h5-12,22,26,29H,13-14H2,1-4H3/b23-21+. The summed E-state index contributed by atoms with van der Waals surface area (Å²) < 4.78 is 5.40. The van der Waals surface area contributed by atoms with Crippen LogP contribution < -0.4 is 4.74 Å². The second-order valence-corrected chi connectivity index (χ2v) is 8.21. The number of rotatable bonds is 6. The number of nitrogens with one attached hydrogen (secondary N) is 1. The lowest BCUT2D eigenvalue weighted by Gasteiger charge is -2.27. The summed E-state index contributed by atoms with van der Waals surface area (Å²) >= 11 is 0. The van der Waals surface area contributed by atoms with E-state index in [0.717, 1.165) is 22.2 Å². The molecule has 1 amide bonds. The van der Waals surface area contributed by atoms with E-state index in [9.17, 15) is 14.7 Å². The molecule has 166 valence electrons. The highest BCUT2D eigenvalue weighted by atomic mass is 16.5. The van der Waals surface area contributed by atoms with Gasteiger partial charge in [-0.2, -0.15) is 0 Å². The SMILES string of the molecule is COc1ccccc1/C(O)=C1\C(=O)C(=O)N(CCN(C)C)C1c1c(C)[nH]c2ccccc12. The number of ketones is 1. The first-order valence-electron chi connectivity index (χ1n) is 10.5. The first-order chi connectivity index (χ1) is 15.3. The van der Waals surface area contributed by atoms with Crippen LogP contribution >= 0.6 is 0 Å². The molecule has 1 saturated heterocycles. The molecule has 1 aliphatic heterocycles. The summed E-state index contributed by atoms with van der Waals surface area (Å²) in [6, 6.07) is 14.0. The van der Waals surface area contributed by atoms with E-state index in [1.165, 1.54) is 7.11 Å². The maximum Gasteiger partial charge on any atom is 0.295 e. The number of ether oxygens (including phenoxy) is 1. The number of nitrogens with zero attached hydrogens (tertiary/aromatic N) is 2. The Morgan fingerprint density at radius 1 is 1.12 bits per heavy atom. The van der Waals surface area contributed by atoms with Crippen molar-refractivity contribution in [2.75, 3.05) is 34.3 Å². The van der Waals surface area contributed by atoms with E-state index in [1.54, 1.807) is 29.2 Å². The number of methoxy groups -OCH3 is 1. The second kappa shape index (κ2) is 8.51. The van der Waals surface area contributed by atoms with Crippen LogP contribution in [0.4, 0.5) is 0 Å². The van der Waals surface area contributed by atoms with Crippen LogP contribution in [-0.4, -0.2) is 65.9 Å². The van der Waals surface area contributed by atoms with Crippen LogP contribution in [0.15, 0.2) is 54.1 Å². The van der Waals surface area contributed by atoms with E-state index in [-0.39, 0.29) is 11.3 Å². The van der Waals surface area contributed by atoms with E-state index in [1.807, 2.05) is 50.2 Å². The van der Waals surface area contributed by atoms with Gasteiger partial charge < -0.3 is 24.6 Å². The van der Waals surface area contributed by atoms with Gasteiger partial charge in [-0.1, -0.05) is 30.3 Å². The lowest BCUT2D eigenvalue weighted by molar-refractivity contribution is -0.140. The smallest absolute Gasteiger partial charge is 0.295 e. The Bertz CT molecular complexity index is 1220. The molecule has 2 aromatic carbocycles. The van der Waals surface area contributed by atoms with Gasteiger partial charge in [0, 0.05) is 35.2 Å². The molecule has 0 radical (unpaired) electrons. The number of amides is 1. The van der Waals surface area contributed by atoms with Gasteiger partial charge in [0.2, 0.25) is 0 Å². The van der Waals surface area contributed by atoms with E-state index in [4.69, 9.17) is 4.74 Å². The van der Waals surface area contributed by atoms with Crippen molar-refractivity contribution in [3.63, 3.8) is 0 Å². The predicted octanol–water partition coefficient (Wildman–Crippen LogP) is 3.47. The van der Waals surface area contributed by atoms with Crippen LogP contribution in [0.2, 0.25) is 0 Å². The number of likely N-dealkylation sites (tertiary alicyclic amines) is 1. The molecular weight excluding hydrogens is 406 g/mol. The second-order valence-electron chi connectivity index (χ2n) is 8.21. The van der Waals surface area contributed by atoms with Crippen molar-refractivity contribution in [3.05, 3.63) is 70.9 Å². The first-order valence-corrected chi connectivity index (χ1v) is 10.5. The van der Waals surface area contributed by atoms with Gasteiger partial charge in [-0.25, -0.2) is 0 Å². The number of benzene rings is 2. The van der Waals surface area contributed by atoms with Gasteiger partial charge in [0.25, 0.3) is 11.7 Å². The van der Waals surface area contributed by atoms with Crippen molar-refractivity contribution < 1.29 is 19.4 Å². The third-order valence-corrected chi connectivity index (χ3v) is 5.91. The zero-order chi connectivity index (χ0) is 23.0. The molecule has 7 heteroatoms. The fourth-order valence-corrected chi connectivity index (χ4v) is 4.35. The van der Waals surface area contributed by atoms with E-state index >= 15 is 0 Å². The molecule has 4 rings (SSSR count). The lowest BCUT2D eigenvalue weighted by atomic mass is 9.93. The van der Waals surface area contributed by atoms with Crippen LogP contribution in [0.1, 0.15) is 22.9 Å². The summed E-state index contributed by atoms with van der Waals surface area (Å²) in [4.78, 5) is 33.3. The Morgan fingerprint density at radius 2 is 1.81 bits per heavy atom. The molecule has 32 heavy (non-hydrogen) atoms. The van der Waals surface area contributed by atoms with Crippen LogP contribution in [-0.2, 0) is 9.59 Å². The molecule has 3 aromatic rings. The molecule has 1 aromatic heterocycles. The zero-order valence-electron chi connectivity index (χ0n) is 18.7. The Morgan fingerprint density at radius 3 is 2.53 bits per heavy atom. The van der Waals surface area contributed by atoms with Crippen molar-refractivity contribution >= 4 is 28.4 Å². The number of aliphatic hydroxyl groups excluding tert-OH is 1. The van der Waals surface area contributed by atoms with Gasteiger partial charge in [-0.3, -0.25) is 9.59 Å². The first kappa shape index (κ1) is 21.6. The molecule has 0 aliphatic carbocycles. The monoisotopic (exact) mass is 433 g/mol. The highest BCUT2D eigenvalue weighted by Gasteiger charge is 2.47. The van der Waals surface area contributed by atoms with Crippen molar-refractivity contribution in [2.45, 2.75) is 13.0 Å². The number of carbonyl (C=O) groups excluding carboxylic acids is 2. The number of H-pyrrole nitrogens is 1. The average Bonchev–Trinajstić information content (AvgIpc) is 3.24. The number of aromatic nitrogens is 1. The van der Waals surface area contributed by atoms with E-state index in [2.05, 4.69) is 4.98 Å². The number of carbonyl (C=O) groups is 2. The van der Waals surface area contributed by atoms with Gasteiger partial charge in [0.15, 0.2) is 0 Å². The summed E-state index contributed by atoms with van der Waals surface area (Å²) in [6.07, 6.45) is 0. The quantitative estimate of drug-likeness (QED) is 0.353. The minimum absolute atomic E-state index is 0.0751. The van der Waals surface area contributed by atoms with E-state index in [0.29, 0.717) is 24.4 Å². The molecule has 0 spiro atoms. The van der Waals surface area contributed by atoms with Gasteiger partial charge in [-0.05, 0) is 39.2 Å². The third kappa shape index (κ3) is 3.54. The third-order valence-electron chi connectivity index (χ3n) is 5.91. The fraction of sp³-hybridized carbons (Fsp3) is 0.280. The number of hydrogen-bond acceptors (Lipinski definition) is 5. The summed E-state index contributed by atoms with van der Waals surface area (Å²) in [5, 5.41) is 12.2. The summed E-state index contributed by atoms with van der Waals surface area (Å²) in [5.41, 5.74) is 3.03. The highest BCUT2D eigenvalue weighted by Crippen LogP contribution is 2.44.